The molecule has 106 valence electrons. The van der Waals surface area contributed by atoms with E-state index in [0.717, 1.165) is 6.54 Å². The van der Waals surface area contributed by atoms with Gasteiger partial charge in [0, 0.05) is 18.9 Å². The highest BCUT2D eigenvalue weighted by Gasteiger charge is 1.86. The number of aryl methyl sites for hydroxylation is 1. The number of hydrogen-bond donors (Lipinski definition) is 0. The number of unbranched alkanes of at least 4 members (excludes halogenated alkanes) is 7. The summed E-state index contributed by atoms with van der Waals surface area (Å²) >= 11 is 0. The van der Waals surface area contributed by atoms with Crippen molar-refractivity contribution in [2.45, 2.75) is 85.1 Å². The maximum absolute atomic E-state index is 3.94. The molecule has 1 rings (SSSR count). The molecular formula is C16H32N2. The van der Waals surface area contributed by atoms with Crippen molar-refractivity contribution in [1.82, 2.24) is 9.55 Å². The van der Waals surface area contributed by atoms with Crippen molar-refractivity contribution in [3.63, 3.8) is 0 Å². The van der Waals surface area contributed by atoms with Gasteiger partial charge < -0.3 is 4.57 Å². The highest BCUT2D eigenvalue weighted by atomic mass is 15.0. The molecular weight excluding hydrogens is 220 g/mol. The fourth-order valence-corrected chi connectivity index (χ4v) is 1.79. The highest BCUT2D eigenvalue weighted by Crippen LogP contribution is 2.05. The van der Waals surface area contributed by atoms with E-state index in [1.54, 1.807) is 0 Å². The van der Waals surface area contributed by atoms with Gasteiger partial charge in [-0.05, 0) is 6.42 Å². The minimum Gasteiger partial charge on any atom is -0.337 e. The molecule has 18 heavy (non-hydrogen) atoms. The van der Waals surface area contributed by atoms with Gasteiger partial charge in [-0.2, -0.15) is 0 Å². The summed E-state index contributed by atoms with van der Waals surface area (Å²) in [6, 6.07) is 0. The molecule has 0 aliphatic rings. The van der Waals surface area contributed by atoms with E-state index in [0.29, 0.717) is 0 Å². The molecule has 1 aromatic heterocycles. The zero-order chi connectivity index (χ0) is 13.5. The molecule has 2 nitrogen and oxygen atoms in total. The summed E-state index contributed by atoms with van der Waals surface area (Å²) < 4.78 is 2.10. The first-order valence-electron chi connectivity index (χ1n) is 7.80. The molecule has 0 saturated heterocycles. The molecule has 0 aliphatic heterocycles. The third-order valence-electron chi connectivity index (χ3n) is 3.04. The zero-order valence-electron chi connectivity index (χ0n) is 12.7. The van der Waals surface area contributed by atoms with Crippen LogP contribution >= 0.6 is 0 Å². The third kappa shape index (κ3) is 11.7. The SMILES string of the molecule is CCCCCCCCC.CCCCn1ccnc1. The Hall–Kier alpha value is -0.790. The van der Waals surface area contributed by atoms with E-state index in [2.05, 4.69) is 30.3 Å². The second-order valence-corrected chi connectivity index (χ2v) is 4.92. The molecule has 0 radical (unpaired) electrons. The third-order valence-corrected chi connectivity index (χ3v) is 3.04. The van der Waals surface area contributed by atoms with Gasteiger partial charge in [-0.1, -0.05) is 72.1 Å². The van der Waals surface area contributed by atoms with Crippen molar-refractivity contribution in [1.29, 1.82) is 0 Å². The van der Waals surface area contributed by atoms with Crippen LogP contribution in [0.15, 0.2) is 18.7 Å². The lowest BCUT2D eigenvalue weighted by molar-refractivity contribution is 0.602. The Morgan fingerprint density at radius 2 is 1.33 bits per heavy atom. The molecule has 0 amide bonds. The van der Waals surface area contributed by atoms with Crippen LogP contribution in [0.1, 0.15) is 78.6 Å². The molecule has 0 spiro atoms. The Labute approximate surface area is 114 Å². The van der Waals surface area contributed by atoms with Gasteiger partial charge >= 0.3 is 0 Å². The van der Waals surface area contributed by atoms with Crippen LogP contribution in [0.3, 0.4) is 0 Å². The number of rotatable bonds is 9. The summed E-state index contributed by atoms with van der Waals surface area (Å²) in [5.41, 5.74) is 0. The minimum absolute atomic E-state index is 1.11. The van der Waals surface area contributed by atoms with Crippen LogP contribution in [0.4, 0.5) is 0 Å². The highest BCUT2D eigenvalue weighted by molar-refractivity contribution is 4.73. The van der Waals surface area contributed by atoms with Crippen LogP contribution in [-0.2, 0) is 6.54 Å². The predicted octanol–water partition coefficient (Wildman–Crippen LogP) is 5.44. The van der Waals surface area contributed by atoms with Gasteiger partial charge in [-0.25, -0.2) is 4.98 Å². The lowest BCUT2D eigenvalue weighted by Crippen LogP contribution is -1.92. The van der Waals surface area contributed by atoms with Crippen LogP contribution in [-0.4, -0.2) is 9.55 Å². The van der Waals surface area contributed by atoms with Crippen molar-refractivity contribution in [2.24, 2.45) is 0 Å². The van der Waals surface area contributed by atoms with Crippen LogP contribution in [0, 0.1) is 0 Å². The molecule has 0 saturated carbocycles. The average Bonchev–Trinajstić information content (AvgIpc) is 2.90. The first-order chi connectivity index (χ1) is 8.85. The number of aromatic nitrogens is 2. The van der Waals surface area contributed by atoms with Gasteiger partial charge in [0.15, 0.2) is 0 Å². The van der Waals surface area contributed by atoms with Crippen molar-refractivity contribution >= 4 is 0 Å². The van der Waals surface area contributed by atoms with Gasteiger partial charge in [-0.3, -0.25) is 0 Å². The quantitative estimate of drug-likeness (QED) is 0.535. The summed E-state index contributed by atoms with van der Waals surface area (Å²) in [6.07, 6.45) is 18.1. The van der Waals surface area contributed by atoms with Crippen molar-refractivity contribution in [3.8, 4) is 0 Å². The Bertz CT molecular complexity index is 223. The number of imidazole rings is 1. The standard InChI is InChI=1S/C9H20.C7H12N2/c1-3-5-7-9-8-6-4-2;1-2-3-5-9-6-4-8-7-9/h3-9H2,1-2H3;4,6-7H,2-3,5H2,1H3. The van der Waals surface area contributed by atoms with Gasteiger partial charge in [0.1, 0.15) is 0 Å². The molecule has 1 aromatic rings. The Kier molecular flexibility index (Phi) is 13.6. The predicted molar refractivity (Wildman–Crippen MR) is 80.8 cm³/mol. The van der Waals surface area contributed by atoms with Gasteiger partial charge in [-0.15, -0.1) is 0 Å². The van der Waals surface area contributed by atoms with Crippen LogP contribution in [0.25, 0.3) is 0 Å². The van der Waals surface area contributed by atoms with Gasteiger partial charge in [0.2, 0.25) is 0 Å². The molecule has 0 unspecified atom stereocenters. The second-order valence-electron chi connectivity index (χ2n) is 4.92. The summed E-state index contributed by atoms with van der Waals surface area (Å²) in [7, 11) is 0. The normalized spacial score (nSPS) is 9.94. The van der Waals surface area contributed by atoms with Crippen molar-refractivity contribution in [2.75, 3.05) is 0 Å². The first-order valence-corrected chi connectivity index (χ1v) is 7.80. The van der Waals surface area contributed by atoms with E-state index in [4.69, 9.17) is 0 Å². The lowest BCUT2D eigenvalue weighted by Gasteiger charge is -1.96. The van der Waals surface area contributed by atoms with E-state index >= 15 is 0 Å². The average molecular weight is 252 g/mol. The van der Waals surface area contributed by atoms with Crippen LogP contribution in [0.2, 0.25) is 0 Å². The van der Waals surface area contributed by atoms with Crippen LogP contribution < -0.4 is 0 Å². The Morgan fingerprint density at radius 1 is 0.778 bits per heavy atom. The minimum atomic E-state index is 1.11. The van der Waals surface area contributed by atoms with E-state index in [1.807, 2.05) is 18.7 Å². The number of hydrogen-bond acceptors (Lipinski definition) is 1. The van der Waals surface area contributed by atoms with Crippen molar-refractivity contribution in [3.05, 3.63) is 18.7 Å². The smallest absolute Gasteiger partial charge is 0.0945 e. The van der Waals surface area contributed by atoms with Gasteiger partial charge in [0.05, 0.1) is 6.33 Å². The molecule has 1 heterocycles. The second kappa shape index (κ2) is 14.3. The molecule has 2 heteroatoms. The molecule has 0 fully saturated rings. The maximum atomic E-state index is 3.94. The summed E-state index contributed by atoms with van der Waals surface area (Å²) in [5.74, 6) is 0. The number of nitrogens with zero attached hydrogens (tertiary/aromatic N) is 2. The summed E-state index contributed by atoms with van der Waals surface area (Å²) in [4.78, 5) is 3.94. The summed E-state index contributed by atoms with van der Waals surface area (Å²) in [5, 5.41) is 0. The zero-order valence-corrected chi connectivity index (χ0v) is 12.7. The van der Waals surface area contributed by atoms with Gasteiger partial charge in [0.25, 0.3) is 0 Å². The van der Waals surface area contributed by atoms with E-state index < -0.39 is 0 Å². The van der Waals surface area contributed by atoms with Crippen LogP contribution in [0.5, 0.6) is 0 Å². The van der Waals surface area contributed by atoms with E-state index in [1.165, 1.54) is 57.8 Å². The topological polar surface area (TPSA) is 17.8 Å². The molecule has 0 bridgehead atoms. The largest absolute Gasteiger partial charge is 0.337 e. The van der Waals surface area contributed by atoms with E-state index in [-0.39, 0.29) is 0 Å². The fraction of sp³-hybridized carbons (Fsp3) is 0.812. The Morgan fingerprint density at radius 3 is 1.78 bits per heavy atom. The fourth-order valence-electron chi connectivity index (χ4n) is 1.79. The van der Waals surface area contributed by atoms with Crippen molar-refractivity contribution < 1.29 is 0 Å². The maximum Gasteiger partial charge on any atom is 0.0945 e. The molecule has 0 N–H and O–H groups in total. The summed E-state index contributed by atoms with van der Waals surface area (Å²) in [6.45, 7) is 7.83. The monoisotopic (exact) mass is 252 g/mol. The van der Waals surface area contributed by atoms with E-state index in [9.17, 15) is 0 Å². The molecule has 0 aliphatic carbocycles. The molecule has 0 aromatic carbocycles. The Balaban J connectivity index is 0.000000321. The lowest BCUT2D eigenvalue weighted by atomic mass is 10.1. The first kappa shape index (κ1) is 17.2. The molecule has 0 atom stereocenters.